The molecule has 0 aliphatic heterocycles. The Labute approximate surface area is 125 Å². The van der Waals surface area contributed by atoms with E-state index >= 15 is 0 Å². The van der Waals surface area contributed by atoms with Crippen LogP contribution in [-0.2, 0) is 0 Å². The van der Waals surface area contributed by atoms with E-state index in [0.717, 1.165) is 5.56 Å². The zero-order valence-corrected chi connectivity index (χ0v) is 12.0. The van der Waals surface area contributed by atoms with Crippen LogP contribution in [0.15, 0.2) is 36.5 Å². The van der Waals surface area contributed by atoms with Gasteiger partial charge in [0.2, 0.25) is 0 Å². The van der Waals surface area contributed by atoms with Gasteiger partial charge < -0.3 is 5.32 Å². The van der Waals surface area contributed by atoms with Crippen molar-refractivity contribution in [1.29, 1.82) is 0 Å². The van der Waals surface area contributed by atoms with Crippen LogP contribution in [0.25, 0.3) is 0 Å². The van der Waals surface area contributed by atoms with Crippen LogP contribution in [-0.4, -0.2) is 10.9 Å². The van der Waals surface area contributed by atoms with Crippen molar-refractivity contribution in [3.05, 3.63) is 63.6 Å². The summed E-state index contributed by atoms with van der Waals surface area (Å²) in [5.74, 6) is -0.688. The van der Waals surface area contributed by atoms with Crippen molar-refractivity contribution in [1.82, 2.24) is 10.3 Å². The summed E-state index contributed by atoms with van der Waals surface area (Å²) in [6.45, 7) is 1.79. The van der Waals surface area contributed by atoms with Crippen LogP contribution in [0, 0.1) is 5.82 Å². The Hall–Kier alpha value is -1.65. The van der Waals surface area contributed by atoms with Crippen LogP contribution < -0.4 is 5.32 Å². The summed E-state index contributed by atoms with van der Waals surface area (Å²) in [6, 6.07) is 7.02. The van der Waals surface area contributed by atoms with E-state index in [2.05, 4.69) is 10.3 Å². The first-order valence-corrected chi connectivity index (χ1v) is 6.60. The predicted molar refractivity (Wildman–Crippen MR) is 76.5 cm³/mol. The predicted octanol–water partition coefficient (Wildman–Crippen LogP) is 4.02. The van der Waals surface area contributed by atoms with Gasteiger partial charge in [-0.3, -0.25) is 4.79 Å². The maximum absolute atomic E-state index is 12.8. The largest absolute Gasteiger partial charge is 0.345 e. The Morgan fingerprint density at radius 1 is 1.30 bits per heavy atom. The third-order valence-corrected chi connectivity index (χ3v) is 3.29. The molecular formula is C14H11Cl2FN2O. The quantitative estimate of drug-likeness (QED) is 0.870. The maximum Gasteiger partial charge on any atom is 0.253 e. The van der Waals surface area contributed by atoms with E-state index in [1.54, 1.807) is 19.1 Å². The van der Waals surface area contributed by atoms with Gasteiger partial charge in [0.25, 0.3) is 5.91 Å². The fourth-order valence-corrected chi connectivity index (χ4v) is 2.04. The number of rotatable bonds is 3. The standard InChI is InChI=1S/C14H11Cl2FN2O/c1-8(9-2-4-10(17)5-3-9)19-14(20)11-6-13(16)18-7-12(11)15/h2-8H,1H3,(H,19,20). The molecule has 0 fully saturated rings. The maximum atomic E-state index is 12.8. The van der Waals surface area contributed by atoms with E-state index in [4.69, 9.17) is 23.2 Å². The molecule has 1 aromatic carbocycles. The van der Waals surface area contributed by atoms with Gasteiger partial charge in [-0.1, -0.05) is 35.3 Å². The van der Waals surface area contributed by atoms with Crippen molar-refractivity contribution in [3.63, 3.8) is 0 Å². The summed E-state index contributed by atoms with van der Waals surface area (Å²) >= 11 is 11.7. The lowest BCUT2D eigenvalue weighted by Crippen LogP contribution is -2.27. The minimum atomic E-state index is -0.365. The average Bonchev–Trinajstić information content (AvgIpc) is 2.42. The third-order valence-electron chi connectivity index (χ3n) is 2.78. The molecule has 1 atom stereocenters. The molecule has 2 rings (SSSR count). The van der Waals surface area contributed by atoms with Gasteiger partial charge in [-0.2, -0.15) is 0 Å². The van der Waals surface area contributed by atoms with Crippen LogP contribution >= 0.6 is 23.2 Å². The molecule has 1 amide bonds. The van der Waals surface area contributed by atoms with Crippen molar-refractivity contribution in [2.24, 2.45) is 0 Å². The molecule has 104 valence electrons. The Bertz CT molecular complexity index is 632. The van der Waals surface area contributed by atoms with Gasteiger partial charge in [0, 0.05) is 6.20 Å². The molecule has 1 aromatic heterocycles. The first kappa shape index (κ1) is 14.8. The number of amides is 1. The summed E-state index contributed by atoms with van der Waals surface area (Å²) in [4.78, 5) is 15.9. The second-order valence-electron chi connectivity index (χ2n) is 4.23. The molecule has 2 aromatic rings. The highest BCUT2D eigenvalue weighted by atomic mass is 35.5. The van der Waals surface area contributed by atoms with E-state index in [0.29, 0.717) is 0 Å². The number of nitrogens with zero attached hydrogens (tertiary/aromatic N) is 1. The normalized spacial score (nSPS) is 12.0. The molecule has 1 heterocycles. The van der Waals surface area contributed by atoms with E-state index in [1.165, 1.54) is 24.4 Å². The van der Waals surface area contributed by atoms with E-state index in [9.17, 15) is 9.18 Å². The number of carbonyl (C=O) groups excluding carboxylic acids is 1. The molecule has 1 N–H and O–H groups in total. The molecule has 0 aliphatic rings. The summed E-state index contributed by atoms with van der Waals surface area (Å²) in [5.41, 5.74) is 1.04. The zero-order valence-electron chi connectivity index (χ0n) is 10.5. The van der Waals surface area contributed by atoms with Gasteiger partial charge in [-0.25, -0.2) is 9.37 Å². The number of pyridine rings is 1. The fraction of sp³-hybridized carbons (Fsp3) is 0.143. The summed E-state index contributed by atoms with van der Waals surface area (Å²) < 4.78 is 12.8. The number of hydrogen-bond acceptors (Lipinski definition) is 2. The molecule has 0 saturated carbocycles. The number of hydrogen-bond donors (Lipinski definition) is 1. The fourth-order valence-electron chi connectivity index (χ4n) is 1.70. The molecule has 6 heteroatoms. The lowest BCUT2D eigenvalue weighted by Gasteiger charge is -2.15. The molecule has 0 spiro atoms. The molecule has 3 nitrogen and oxygen atoms in total. The van der Waals surface area contributed by atoms with Gasteiger partial charge in [-0.15, -0.1) is 0 Å². The summed E-state index contributed by atoms with van der Waals surface area (Å²) in [7, 11) is 0. The molecule has 20 heavy (non-hydrogen) atoms. The highest BCUT2D eigenvalue weighted by molar-refractivity contribution is 6.35. The van der Waals surface area contributed by atoms with Crippen molar-refractivity contribution in [3.8, 4) is 0 Å². The van der Waals surface area contributed by atoms with Crippen molar-refractivity contribution in [2.75, 3.05) is 0 Å². The number of halogens is 3. The smallest absolute Gasteiger partial charge is 0.253 e. The Balaban J connectivity index is 2.15. The second kappa shape index (κ2) is 6.20. The highest BCUT2D eigenvalue weighted by Gasteiger charge is 2.15. The lowest BCUT2D eigenvalue weighted by molar-refractivity contribution is 0.0940. The highest BCUT2D eigenvalue weighted by Crippen LogP contribution is 2.20. The molecule has 0 saturated heterocycles. The molecule has 0 bridgehead atoms. The van der Waals surface area contributed by atoms with Gasteiger partial charge in [0.15, 0.2) is 0 Å². The van der Waals surface area contributed by atoms with Crippen LogP contribution in [0.3, 0.4) is 0 Å². The average molecular weight is 313 g/mol. The van der Waals surface area contributed by atoms with Gasteiger partial charge in [0.05, 0.1) is 16.6 Å². The monoisotopic (exact) mass is 312 g/mol. The Morgan fingerprint density at radius 3 is 2.60 bits per heavy atom. The number of aromatic nitrogens is 1. The van der Waals surface area contributed by atoms with Gasteiger partial charge in [0.1, 0.15) is 11.0 Å². The van der Waals surface area contributed by atoms with E-state index in [1.807, 2.05) is 0 Å². The van der Waals surface area contributed by atoms with E-state index in [-0.39, 0.29) is 33.5 Å². The summed E-state index contributed by atoms with van der Waals surface area (Å²) in [6.07, 6.45) is 1.32. The lowest BCUT2D eigenvalue weighted by atomic mass is 10.1. The number of carbonyl (C=O) groups is 1. The first-order chi connectivity index (χ1) is 9.47. The van der Waals surface area contributed by atoms with Crippen molar-refractivity contribution in [2.45, 2.75) is 13.0 Å². The molecule has 1 unspecified atom stereocenters. The van der Waals surface area contributed by atoms with Crippen LogP contribution in [0.1, 0.15) is 28.9 Å². The second-order valence-corrected chi connectivity index (χ2v) is 5.03. The topological polar surface area (TPSA) is 42.0 Å². The van der Waals surface area contributed by atoms with Crippen LogP contribution in [0.2, 0.25) is 10.2 Å². The number of benzene rings is 1. The Morgan fingerprint density at radius 2 is 1.95 bits per heavy atom. The third kappa shape index (κ3) is 3.46. The van der Waals surface area contributed by atoms with Gasteiger partial charge in [-0.05, 0) is 30.7 Å². The van der Waals surface area contributed by atoms with Crippen molar-refractivity contribution < 1.29 is 9.18 Å². The molecule has 0 aliphatic carbocycles. The SMILES string of the molecule is CC(NC(=O)c1cc(Cl)ncc1Cl)c1ccc(F)cc1. The zero-order chi connectivity index (χ0) is 14.7. The van der Waals surface area contributed by atoms with E-state index < -0.39 is 0 Å². The molecular weight excluding hydrogens is 302 g/mol. The first-order valence-electron chi connectivity index (χ1n) is 5.84. The van der Waals surface area contributed by atoms with Crippen molar-refractivity contribution >= 4 is 29.1 Å². The van der Waals surface area contributed by atoms with Gasteiger partial charge >= 0.3 is 0 Å². The summed E-state index contributed by atoms with van der Waals surface area (Å²) in [5, 5.41) is 3.18. The number of nitrogens with one attached hydrogen (secondary N) is 1. The van der Waals surface area contributed by atoms with Crippen LogP contribution in [0.4, 0.5) is 4.39 Å². The van der Waals surface area contributed by atoms with Crippen LogP contribution in [0.5, 0.6) is 0 Å². The minimum absolute atomic E-state index is 0.189. The molecule has 0 radical (unpaired) electrons. The minimum Gasteiger partial charge on any atom is -0.345 e. The Kier molecular flexibility index (Phi) is 4.57.